The summed E-state index contributed by atoms with van der Waals surface area (Å²) in [6, 6.07) is 21.8. The Bertz CT molecular complexity index is 1800. The number of carbonyl (C=O) groups excluding carboxylic acids is 1. The molecule has 7 nitrogen and oxygen atoms in total. The molecule has 1 aliphatic heterocycles. The zero-order valence-corrected chi connectivity index (χ0v) is 25.4. The van der Waals surface area contributed by atoms with E-state index < -0.39 is 12.0 Å². The van der Waals surface area contributed by atoms with Crippen LogP contribution in [0.3, 0.4) is 0 Å². The van der Waals surface area contributed by atoms with Gasteiger partial charge in [0.15, 0.2) is 4.80 Å². The highest BCUT2D eigenvalue weighted by Crippen LogP contribution is 2.32. The summed E-state index contributed by atoms with van der Waals surface area (Å²) < 4.78 is 19.2. The number of hydrogen-bond acceptors (Lipinski definition) is 7. The Morgan fingerprint density at radius 3 is 2.36 bits per heavy atom. The number of fused-ring (bicyclic) bond motifs is 1. The minimum atomic E-state index is -0.689. The second-order valence-electron chi connectivity index (χ2n) is 9.99. The van der Waals surface area contributed by atoms with E-state index in [0.29, 0.717) is 50.3 Å². The van der Waals surface area contributed by atoms with Gasteiger partial charge in [-0.3, -0.25) is 9.36 Å². The topological polar surface area (TPSA) is 79.1 Å². The lowest BCUT2D eigenvalue weighted by Gasteiger charge is -2.25. The molecule has 0 N–H and O–H groups in total. The number of aromatic nitrogens is 1. The van der Waals surface area contributed by atoms with Gasteiger partial charge in [0, 0.05) is 10.6 Å². The summed E-state index contributed by atoms with van der Waals surface area (Å²) in [6.07, 6.45) is 1.50. The normalized spacial score (nSPS) is 14.9. The molecular weight excluding hydrogens is 572 g/mol. The van der Waals surface area contributed by atoms with Gasteiger partial charge in [-0.2, -0.15) is 0 Å². The predicted molar refractivity (Wildman–Crippen MR) is 165 cm³/mol. The maximum Gasteiger partial charge on any atom is 0.338 e. The Balaban J connectivity index is 1.50. The molecule has 0 fully saturated rings. The molecule has 9 heteroatoms. The Hall–Kier alpha value is -4.14. The van der Waals surface area contributed by atoms with Crippen molar-refractivity contribution in [3.63, 3.8) is 0 Å². The molecular formula is C33H31ClN2O5S. The third kappa shape index (κ3) is 6.35. The van der Waals surface area contributed by atoms with E-state index >= 15 is 0 Å². The molecule has 2 heterocycles. The van der Waals surface area contributed by atoms with Crippen LogP contribution in [0.1, 0.15) is 50.4 Å². The maximum atomic E-state index is 13.9. The fourth-order valence-corrected chi connectivity index (χ4v) is 5.91. The standard InChI is InChI=1S/C33H31ClN2O5S/c1-5-39-25-16-12-23(13-17-25)30-29(32(38)41-20(2)3)21(4)35-33-36(30)31(37)28(42-33)18-22-10-14-26(15-11-22)40-19-24-8-6-7-9-27(24)34/h6-18,20,30H,5,19H2,1-4H3/b28-18+/t30-/m0/s1. The molecule has 0 unspecified atom stereocenters. The van der Waals surface area contributed by atoms with Gasteiger partial charge >= 0.3 is 5.97 Å². The lowest BCUT2D eigenvalue weighted by molar-refractivity contribution is -0.143. The summed E-state index contributed by atoms with van der Waals surface area (Å²) in [6.45, 7) is 8.17. The minimum Gasteiger partial charge on any atom is -0.494 e. The monoisotopic (exact) mass is 602 g/mol. The van der Waals surface area contributed by atoms with Crippen molar-refractivity contribution >= 4 is 35.0 Å². The number of halogens is 1. The molecule has 216 valence electrons. The molecule has 0 bridgehead atoms. The van der Waals surface area contributed by atoms with Crippen LogP contribution in [0, 0.1) is 0 Å². The van der Waals surface area contributed by atoms with Crippen LogP contribution < -0.4 is 24.4 Å². The van der Waals surface area contributed by atoms with Gasteiger partial charge in [0.05, 0.1) is 34.6 Å². The van der Waals surface area contributed by atoms with Crippen molar-refractivity contribution in [2.24, 2.45) is 4.99 Å². The first kappa shape index (κ1) is 29.4. The van der Waals surface area contributed by atoms with Gasteiger partial charge in [0.1, 0.15) is 18.1 Å². The molecule has 42 heavy (non-hydrogen) atoms. The zero-order chi connectivity index (χ0) is 29.8. The minimum absolute atomic E-state index is 0.237. The highest BCUT2D eigenvalue weighted by atomic mass is 35.5. The van der Waals surface area contributed by atoms with Gasteiger partial charge in [0.2, 0.25) is 0 Å². The third-order valence-electron chi connectivity index (χ3n) is 6.62. The molecule has 0 aliphatic carbocycles. The van der Waals surface area contributed by atoms with Crippen LogP contribution in [0.15, 0.2) is 93.9 Å². The smallest absolute Gasteiger partial charge is 0.338 e. The zero-order valence-electron chi connectivity index (χ0n) is 23.8. The summed E-state index contributed by atoms with van der Waals surface area (Å²) in [5.74, 6) is 0.903. The van der Waals surface area contributed by atoms with Crippen LogP contribution in [0.5, 0.6) is 11.5 Å². The number of esters is 1. The van der Waals surface area contributed by atoms with Crippen molar-refractivity contribution in [3.8, 4) is 11.5 Å². The lowest BCUT2D eigenvalue weighted by Crippen LogP contribution is -2.40. The summed E-state index contributed by atoms with van der Waals surface area (Å²) in [4.78, 5) is 32.3. The van der Waals surface area contributed by atoms with Crippen LogP contribution in [0.25, 0.3) is 6.08 Å². The van der Waals surface area contributed by atoms with Gasteiger partial charge in [-0.15, -0.1) is 0 Å². The summed E-state index contributed by atoms with van der Waals surface area (Å²) >= 11 is 7.52. The number of nitrogens with zero attached hydrogens (tertiary/aromatic N) is 2. The quantitative estimate of drug-likeness (QED) is 0.226. The van der Waals surface area contributed by atoms with Crippen LogP contribution in [-0.4, -0.2) is 23.2 Å². The molecule has 0 spiro atoms. The molecule has 0 saturated carbocycles. The van der Waals surface area contributed by atoms with Crippen molar-refractivity contribution in [1.82, 2.24) is 4.57 Å². The van der Waals surface area contributed by atoms with Crippen LogP contribution in [0.4, 0.5) is 0 Å². The van der Waals surface area contributed by atoms with Crippen molar-refractivity contribution in [1.29, 1.82) is 0 Å². The van der Waals surface area contributed by atoms with Gasteiger partial charge in [0.25, 0.3) is 5.56 Å². The SMILES string of the molecule is CCOc1ccc([C@H]2C(C(=O)OC(C)C)=C(C)N=c3s/c(=C/c4ccc(OCc5ccccc5Cl)cc4)c(=O)n32)cc1. The fraction of sp³-hybridized carbons (Fsp3) is 0.242. The van der Waals surface area contributed by atoms with Gasteiger partial charge in [-0.25, -0.2) is 9.79 Å². The number of ether oxygens (including phenoxy) is 3. The maximum absolute atomic E-state index is 13.9. The van der Waals surface area contributed by atoms with Crippen molar-refractivity contribution in [3.05, 3.63) is 125 Å². The van der Waals surface area contributed by atoms with E-state index in [4.69, 9.17) is 25.8 Å². The average Bonchev–Trinajstić information content (AvgIpc) is 3.26. The molecule has 1 aromatic heterocycles. The summed E-state index contributed by atoms with van der Waals surface area (Å²) in [5.41, 5.74) is 3.12. The Labute approximate surface area is 253 Å². The first-order chi connectivity index (χ1) is 20.2. The molecule has 1 atom stereocenters. The van der Waals surface area contributed by atoms with E-state index in [0.717, 1.165) is 16.7 Å². The Morgan fingerprint density at radius 1 is 1.02 bits per heavy atom. The molecule has 0 amide bonds. The second kappa shape index (κ2) is 12.8. The second-order valence-corrected chi connectivity index (χ2v) is 11.4. The van der Waals surface area contributed by atoms with Crippen molar-refractivity contribution in [2.45, 2.75) is 46.4 Å². The van der Waals surface area contributed by atoms with Crippen molar-refractivity contribution < 1.29 is 19.0 Å². The van der Waals surface area contributed by atoms with Crippen LogP contribution >= 0.6 is 22.9 Å². The number of allylic oxidation sites excluding steroid dienone is 1. The first-order valence-corrected chi connectivity index (χ1v) is 14.9. The Kier molecular flexibility index (Phi) is 8.94. The number of rotatable bonds is 9. The van der Waals surface area contributed by atoms with E-state index in [1.165, 1.54) is 11.3 Å². The molecule has 5 rings (SSSR count). The first-order valence-electron chi connectivity index (χ1n) is 13.7. The largest absolute Gasteiger partial charge is 0.494 e. The molecule has 4 aromatic rings. The van der Waals surface area contributed by atoms with E-state index in [-0.39, 0.29) is 11.7 Å². The number of hydrogen-bond donors (Lipinski definition) is 0. The predicted octanol–water partition coefficient (Wildman–Crippen LogP) is 5.82. The molecule has 0 saturated heterocycles. The van der Waals surface area contributed by atoms with Crippen LogP contribution in [-0.2, 0) is 16.1 Å². The number of thiazole rings is 1. The van der Waals surface area contributed by atoms with E-state index in [1.807, 2.05) is 85.8 Å². The number of benzene rings is 3. The van der Waals surface area contributed by atoms with E-state index in [9.17, 15) is 9.59 Å². The average molecular weight is 603 g/mol. The van der Waals surface area contributed by atoms with E-state index in [2.05, 4.69) is 4.99 Å². The van der Waals surface area contributed by atoms with Gasteiger partial charge < -0.3 is 14.2 Å². The van der Waals surface area contributed by atoms with Crippen LogP contribution in [0.2, 0.25) is 5.02 Å². The third-order valence-corrected chi connectivity index (χ3v) is 7.97. The molecule has 0 radical (unpaired) electrons. The highest BCUT2D eigenvalue weighted by Gasteiger charge is 2.33. The van der Waals surface area contributed by atoms with E-state index in [1.54, 1.807) is 25.3 Å². The lowest BCUT2D eigenvalue weighted by atomic mass is 9.96. The molecule has 1 aliphatic rings. The summed E-state index contributed by atoms with van der Waals surface area (Å²) in [5, 5.41) is 0.656. The van der Waals surface area contributed by atoms with Crippen molar-refractivity contribution in [2.75, 3.05) is 6.61 Å². The highest BCUT2D eigenvalue weighted by molar-refractivity contribution is 7.07. The van der Waals surface area contributed by atoms with Gasteiger partial charge in [-0.05, 0) is 75.2 Å². The fourth-order valence-electron chi connectivity index (χ4n) is 4.68. The number of carbonyl (C=O) groups is 1. The molecule has 3 aromatic carbocycles. The summed E-state index contributed by atoms with van der Waals surface area (Å²) in [7, 11) is 0. The van der Waals surface area contributed by atoms with Gasteiger partial charge in [-0.1, -0.05) is 65.4 Å². The Morgan fingerprint density at radius 2 is 1.69 bits per heavy atom.